The second-order valence-electron chi connectivity index (χ2n) is 2.95. The molecule has 0 saturated heterocycles. The third-order valence-corrected chi connectivity index (χ3v) is 2.22. The van der Waals surface area contributed by atoms with E-state index >= 15 is 0 Å². The number of nitrogens with zero attached hydrogens (tertiary/aromatic N) is 1. The Morgan fingerprint density at radius 2 is 2.62 bits per heavy atom. The number of fused-ring (bicyclic) bond motifs is 1. The van der Waals surface area contributed by atoms with Crippen LogP contribution in [-0.4, -0.2) is 23.3 Å². The van der Waals surface area contributed by atoms with Crippen molar-refractivity contribution in [3.8, 4) is 0 Å². The van der Waals surface area contributed by atoms with Crippen LogP contribution in [-0.2, 0) is 9.53 Å². The van der Waals surface area contributed by atoms with Gasteiger partial charge in [0.05, 0.1) is 24.9 Å². The highest BCUT2D eigenvalue weighted by atomic mass is 16.5. The summed E-state index contributed by atoms with van der Waals surface area (Å²) in [6.45, 7) is 0. The van der Waals surface area contributed by atoms with Crippen molar-refractivity contribution in [2.75, 3.05) is 7.11 Å². The van der Waals surface area contributed by atoms with E-state index in [1.165, 1.54) is 7.11 Å². The van der Waals surface area contributed by atoms with Crippen molar-refractivity contribution in [2.24, 2.45) is 0 Å². The third-order valence-electron chi connectivity index (χ3n) is 2.22. The summed E-state index contributed by atoms with van der Waals surface area (Å²) in [5.74, 6) is -0.393. The van der Waals surface area contributed by atoms with E-state index in [4.69, 9.17) is 4.74 Å². The minimum absolute atomic E-state index is 0.191. The molecule has 0 spiro atoms. The van der Waals surface area contributed by atoms with Gasteiger partial charge in [0, 0.05) is 5.56 Å². The van der Waals surface area contributed by atoms with Crippen LogP contribution in [0, 0.1) is 0 Å². The van der Waals surface area contributed by atoms with Gasteiger partial charge in [-0.2, -0.15) is 5.10 Å². The number of esters is 1. The smallest absolute Gasteiger partial charge is 0.313 e. The van der Waals surface area contributed by atoms with E-state index in [0.29, 0.717) is 6.42 Å². The highest BCUT2D eigenvalue weighted by Crippen LogP contribution is 2.28. The molecule has 4 nitrogen and oxygen atoms in total. The number of allylic oxidation sites excluding steroid dienone is 1. The van der Waals surface area contributed by atoms with E-state index in [9.17, 15) is 4.79 Å². The summed E-state index contributed by atoms with van der Waals surface area (Å²) in [4.78, 5) is 11.3. The van der Waals surface area contributed by atoms with Gasteiger partial charge in [0.15, 0.2) is 0 Å². The molecule has 1 aromatic rings. The Kier molecular flexibility index (Phi) is 1.88. The minimum Gasteiger partial charge on any atom is -0.469 e. The van der Waals surface area contributed by atoms with Gasteiger partial charge in [-0.25, -0.2) is 0 Å². The van der Waals surface area contributed by atoms with Crippen molar-refractivity contribution in [3.63, 3.8) is 0 Å². The zero-order chi connectivity index (χ0) is 9.26. The number of ether oxygens (including phenoxy) is 1. The van der Waals surface area contributed by atoms with E-state index in [-0.39, 0.29) is 11.9 Å². The van der Waals surface area contributed by atoms with Crippen molar-refractivity contribution < 1.29 is 9.53 Å². The van der Waals surface area contributed by atoms with E-state index in [0.717, 1.165) is 11.3 Å². The Morgan fingerprint density at radius 1 is 1.77 bits per heavy atom. The second-order valence-corrected chi connectivity index (χ2v) is 2.95. The van der Waals surface area contributed by atoms with Gasteiger partial charge in [0.2, 0.25) is 0 Å². The Balaban J connectivity index is 2.35. The maximum atomic E-state index is 11.3. The molecule has 0 radical (unpaired) electrons. The second kappa shape index (κ2) is 3.05. The van der Waals surface area contributed by atoms with E-state index in [1.54, 1.807) is 6.20 Å². The lowest BCUT2D eigenvalue weighted by atomic mass is 9.92. The van der Waals surface area contributed by atoms with Crippen LogP contribution >= 0.6 is 0 Å². The first-order valence-electron chi connectivity index (χ1n) is 4.10. The Labute approximate surface area is 75.6 Å². The lowest BCUT2D eigenvalue weighted by Crippen LogP contribution is -2.15. The highest BCUT2D eigenvalue weighted by molar-refractivity contribution is 5.80. The van der Waals surface area contributed by atoms with Crippen LogP contribution < -0.4 is 0 Å². The monoisotopic (exact) mass is 178 g/mol. The van der Waals surface area contributed by atoms with Crippen molar-refractivity contribution in [1.29, 1.82) is 0 Å². The van der Waals surface area contributed by atoms with Gasteiger partial charge in [-0.3, -0.25) is 9.89 Å². The molecule has 13 heavy (non-hydrogen) atoms. The zero-order valence-corrected chi connectivity index (χ0v) is 7.28. The SMILES string of the molecule is COC(=O)C1CC=Cc2[nH]ncc21. The average molecular weight is 178 g/mol. The van der Waals surface area contributed by atoms with Crippen LogP contribution in [0.3, 0.4) is 0 Å². The molecule has 2 rings (SSSR count). The summed E-state index contributed by atoms with van der Waals surface area (Å²) in [5.41, 5.74) is 1.83. The number of hydrogen-bond donors (Lipinski definition) is 1. The van der Waals surface area contributed by atoms with E-state index in [1.807, 2.05) is 12.2 Å². The molecule has 1 atom stereocenters. The molecule has 0 fully saturated rings. The molecule has 1 unspecified atom stereocenters. The number of rotatable bonds is 1. The topological polar surface area (TPSA) is 55.0 Å². The Hall–Kier alpha value is -1.58. The van der Waals surface area contributed by atoms with Gasteiger partial charge in [0.1, 0.15) is 0 Å². The number of hydrogen-bond acceptors (Lipinski definition) is 3. The molecule has 0 bridgehead atoms. The Morgan fingerprint density at radius 3 is 3.38 bits per heavy atom. The molecular formula is C9H10N2O2. The Bertz CT molecular complexity index is 354. The van der Waals surface area contributed by atoms with Gasteiger partial charge >= 0.3 is 5.97 Å². The number of carbonyl (C=O) groups is 1. The predicted octanol–water partition coefficient (Wildman–Crippen LogP) is 1.08. The highest BCUT2D eigenvalue weighted by Gasteiger charge is 2.25. The van der Waals surface area contributed by atoms with Crippen molar-refractivity contribution >= 4 is 12.0 Å². The molecule has 1 N–H and O–H groups in total. The predicted molar refractivity (Wildman–Crippen MR) is 47.0 cm³/mol. The fourth-order valence-electron chi connectivity index (χ4n) is 1.53. The van der Waals surface area contributed by atoms with Gasteiger partial charge in [-0.05, 0) is 12.5 Å². The molecule has 68 valence electrons. The van der Waals surface area contributed by atoms with Crippen LogP contribution in [0.25, 0.3) is 6.08 Å². The van der Waals surface area contributed by atoms with Crippen LogP contribution in [0.1, 0.15) is 23.6 Å². The summed E-state index contributed by atoms with van der Waals surface area (Å²) >= 11 is 0. The summed E-state index contributed by atoms with van der Waals surface area (Å²) in [6, 6.07) is 0. The van der Waals surface area contributed by atoms with Crippen molar-refractivity contribution in [3.05, 3.63) is 23.5 Å². The summed E-state index contributed by atoms with van der Waals surface area (Å²) in [6.07, 6.45) is 6.25. The van der Waals surface area contributed by atoms with Crippen molar-refractivity contribution in [2.45, 2.75) is 12.3 Å². The number of aromatic amines is 1. The molecule has 0 aromatic carbocycles. The summed E-state index contributed by atoms with van der Waals surface area (Å²) in [5, 5.41) is 6.71. The summed E-state index contributed by atoms with van der Waals surface area (Å²) in [7, 11) is 1.40. The first kappa shape index (κ1) is 8.04. The molecule has 0 aliphatic heterocycles. The molecule has 1 aromatic heterocycles. The largest absolute Gasteiger partial charge is 0.469 e. The number of H-pyrrole nitrogens is 1. The molecule has 1 aliphatic rings. The van der Waals surface area contributed by atoms with Gasteiger partial charge in [-0.1, -0.05) is 6.08 Å². The minimum atomic E-state index is -0.202. The first-order valence-corrected chi connectivity index (χ1v) is 4.10. The fraction of sp³-hybridized carbons (Fsp3) is 0.333. The molecule has 1 aliphatic carbocycles. The average Bonchev–Trinajstić information content (AvgIpc) is 2.63. The van der Waals surface area contributed by atoms with Crippen LogP contribution in [0.4, 0.5) is 0 Å². The maximum Gasteiger partial charge on any atom is 0.313 e. The van der Waals surface area contributed by atoms with E-state index < -0.39 is 0 Å². The molecule has 0 amide bonds. The lowest BCUT2D eigenvalue weighted by molar-refractivity contribution is -0.142. The van der Waals surface area contributed by atoms with Crippen molar-refractivity contribution in [1.82, 2.24) is 10.2 Å². The van der Waals surface area contributed by atoms with Gasteiger partial charge in [0.25, 0.3) is 0 Å². The molecular weight excluding hydrogens is 168 g/mol. The number of nitrogens with one attached hydrogen (secondary N) is 1. The first-order chi connectivity index (χ1) is 6.33. The van der Waals surface area contributed by atoms with Gasteiger partial charge < -0.3 is 4.74 Å². The van der Waals surface area contributed by atoms with Crippen LogP contribution in [0.15, 0.2) is 12.3 Å². The zero-order valence-electron chi connectivity index (χ0n) is 7.28. The fourth-order valence-corrected chi connectivity index (χ4v) is 1.53. The number of methoxy groups -OCH3 is 1. The van der Waals surface area contributed by atoms with Crippen LogP contribution in [0.5, 0.6) is 0 Å². The number of aromatic nitrogens is 2. The molecule has 4 heteroatoms. The number of carbonyl (C=O) groups excluding carboxylic acids is 1. The van der Waals surface area contributed by atoms with Gasteiger partial charge in [-0.15, -0.1) is 0 Å². The quantitative estimate of drug-likeness (QED) is 0.655. The summed E-state index contributed by atoms with van der Waals surface area (Å²) < 4.78 is 4.70. The standard InChI is InChI=1S/C9H10N2O2/c1-13-9(12)6-3-2-4-8-7(6)5-10-11-8/h2,4-6H,3H2,1H3,(H,10,11). The van der Waals surface area contributed by atoms with Crippen LogP contribution in [0.2, 0.25) is 0 Å². The lowest BCUT2D eigenvalue weighted by Gasteiger charge is -2.14. The molecule has 1 heterocycles. The maximum absolute atomic E-state index is 11.3. The molecule has 0 saturated carbocycles. The van der Waals surface area contributed by atoms with E-state index in [2.05, 4.69) is 10.2 Å². The normalized spacial score (nSPS) is 19.6. The third kappa shape index (κ3) is 1.24.